The second-order valence-corrected chi connectivity index (χ2v) is 5.70. The number of nitro groups is 1. The van der Waals surface area contributed by atoms with Crippen molar-refractivity contribution in [2.45, 2.75) is 6.42 Å². The van der Waals surface area contributed by atoms with E-state index < -0.39 is 10.9 Å². The van der Waals surface area contributed by atoms with Gasteiger partial charge < -0.3 is 19.5 Å². The highest BCUT2D eigenvalue weighted by Gasteiger charge is 2.18. The summed E-state index contributed by atoms with van der Waals surface area (Å²) in [5, 5.41) is 14.0. The van der Waals surface area contributed by atoms with Crippen LogP contribution in [-0.2, 0) is 9.47 Å². The van der Waals surface area contributed by atoms with Crippen molar-refractivity contribution >= 4 is 17.3 Å². The van der Waals surface area contributed by atoms with E-state index in [1.54, 1.807) is 7.11 Å². The molecule has 0 bridgehead atoms. The Hall–Kier alpha value is -3.20. The normalized spacial score (nSPS) is 10.4. The highest BCUT2D eigenvalue weighted by atomic mass is 19.1. The summed E-state index contributed by atoms with van der Waals surface area (Å²) >= 11 is 0. The third-order valence-electron chi connectivity index (χ3n) is 3.66. The van der Waals surface area contributed by atoms with Crippen molar-refractivity contribution in [2.24, 2.45) is 0 Å². The molecule has 0 saturated heterocycles. The lowest BCUT2D eigenvalue weighted by Crippen LogP contribution is -2.14. The van der Waals surface area contributed by atoms with Crippen LogP contribution in [0.25, 0.3) is 0 Å². The van der Waals surface area contributed by atoms with Crippen molar-refractivity contribution in [1.82, 2.24) is 0 Å². The molecule has 2 aromatic carbocycles. The van der Waals surface area contributed by atoms with E-state index in [4.69, 9.17) is 14.2 Å². The molecule has 0 amide bonds. The van der Waals surface area contributed by atoms with E-state index in [1.807, 2.05) is 0 Å². The Balaban J connectivity index is 1.89. The first-order chi connectivity index (χ1) is 13.5. The molecule has 0 atom stereocenters. The molecular weight excluding hydrogens is 371 g/mol. The van der Waals surface area contributed by atoms with Crippen LogP contribution in [-0.4, -0.2) is 44.4 Å². The monoisotopic (exact) mass is 392 g/mol. The number of carbonyl (C=O) groups excluding carboxylic acids is 1. The molecule has 0 heterocycles. The molecule has 0 aromatic heterocycles. The van der Waals surface area contributed by atoms with Gasteiger partial charge in [-0.2, -0.15) is 0 Å². The second-order valence-electron chi connectivity index (χ2n) is 5.70. The summed E-state index contributed by atoms with van der Waals surface area (Å²) in [6, 6.07) is 9.52. The Morgan fingerprint density at radius 3 is 2.57 bits per heavy atom. The molecule has 2 aromatic rings. The van der Waals surface area contributed by atoms with Crippen molar-refractivity contribution in [3.05, 3.63) is 64.0 Å². The number of anilines is 1. The Bertz CT molecular complexity index is 798. The molecule has 28 heavy (non-hydrogen) atoms. The van der Waals surface area contributed by atoms with Crippen LogP contribution in [0.5, 0.6) is 5.75 Å². The van der Waals surface area contributed by atoms with E-state index in [9.17, 15) is 19.3 Å². The standard InChI is InChI=1S/C19H21FN2O6/c1-26-12-9-21-18-8-5-15(22(24)25)13-17(18)19(23)28-11-2-10-27-16-6-3-14(20)4-7-16/h3-8,13,21H,2,9-12H2,1H3. The number of nitrogens with zero attached hydrogens (tertiary/aromatic N) is 1. The molecule has 2 rings (SSSR count). The first-order valence-corrected chi connectivity index (χ1v) is 8.58. The van der Waals surface area contributed by atoms with Crippen LogP contribution in [0, 0.1) is 15.9 Å². The van der Waals surface area contributed by atoms with Crippen molar-refractivity contribution in [1.29, 1.82) is 0 Å². The Morgan fingerprint density at radius 2 is 1.89 bits per heavy atom. The Labute approximate surface area is 161 Å². The van der Waals surface area contributed by atoms with Gasteiger partial charge in [-0.25, -0.2) is 9.18 Å². The number of halogens is 1. The van der Waals surface area contributed by atoms with Gasteiger partial charge in [0, 0.05) is 37.9 Å². The lowest BCUT2D eigenvalue weighted by Gasteiger charge is -2.12. The van der Waals surface area contributed by atoms with Gasteiger partial charge in [0.15, 0.2) is 0 Å². The minimum Gasteiger partial charge on any atom is -0.493 e. The van der Waals surface area contributed by atoms with E-state index in [0.717, 1.165) is 0 Å². The fourth-order valence-corrected chi connectivity index (χ4v) is 2.28. The van der Waals surface area contributed by atoms with E-state index in [0.29, 0.717) is 31.0 Å². The number of non-ortho nitro benzene ring substituents is 1. The number of nitro benzene ring substituents is 1. The maximum absolute atomic E-state index is 12.8. The summed E-state index contributed by atoms with van der Waals surface area (Å²) in [4.78, 5) is 22.7. The number of carbonyl (C=O) groups is 1. The van der Waals surface area contributed by atoms with Crippen molar-refractivity contribution in [3.63, 3.8) is 0 Å². The summed E-state index contributed by atoms with van der Waals surface area (Å²) in [6.45, 7) is 1.18. The Kier molecular flexibility index (Phi) is 8.16. The van der Waals surface area contributed by atoms with E-state index in [1.165, 1.54) is 42.5 Å². The fraction of sp³-hybridized carbons (Fsp3) is 0.316. The summed E-state index contributed by atoms with van der Waals surface area (Å²) in [6.07, 6.45) is 0.407. The molecule has 9 heteroatoms. The van der Waals surface area contributed by atoms with E-state index in [-0.39, 0.29) is 30.3 Å². The predicted octanol–water partition coefficient (Wildman–Crippen LogP) is 3.42. The minimum absolute atomic E-state index is 0.0697. The van der Waals surface area contributed by atoms with Gasteiger partial charge >= 0.3 is 5.97 Å². The molecule has 0 aliphatic heterocycles. The maximum atomic E-state index is 12.8. The molecule has 0 saturated carbocycles. The quantitative estimate of drug-likeness (QED) is 0.271. The maximum Gasteiger partial charge on any atom is 0.340 e. The van der Waals surface area contributed by atoms with Gasteiger partial charge in [-0.1, -0.05) is 0 Å². The molecule has 0 aliphatic rings. The van der Waals surface area contributed by atoms with Crippen molar-refractivity contribution in [2.75, 3.05) is 38.8 Å². The summed E-state index contributed by atoms with van der Waals surface area (Å²) < 4.78 is 28.4. The van der Waals surface area contributed by atoms with Crippen LogP contribution in [0.2, 0.25) is 0 Å². The molecule has 0 spiro atoms. The number of ether oxygens (including phenoxy) is 3. The first-order valence-electron chi connectivity index (χ1n) is 8.58. The van der Waals surface area contributed by atoms with E-state index >= 15 is 0 Å². The largest absolute Gasteiger partial charge is 0.493 e. The van der Waals surface area contributed by atoms with Crippen LogP contribution in [0.15, 0.2) is 42.5 Å². The number of nitrogens with one attached hydrogen (secondary N) is 1. The second kappa shape index (κ2) is 10.8. The number of hydrogen-bond donors (Lipinski definition) is 1. The fourth-order valence-electron chi connectivity index (χ4n) is 2.28. The number of methoxy groups -OCH3 is 1. The first kappa shape index (κ1) is 21.1. The van der Waals surface area contributed by atoms with Crippen molar-refractivity contribution in [3.8, 4) is 5.75 Å². The number of rotatable bonds is 11. The minimum atomic E-state index is -0.676. The van der Waals surface area contributed by atoms with Crippen LogP contribution >= 0.6 is 0 Å². The van der Waals surface area contributed by atoms with Gasteiger partial charge in [0.1, 0.15) is 11.6 Å². The molecule has 0 radical (unpaired) electrons. The topological polar surface area (TPSA) is 99.9 Å². The third-order valence-corrected chi connectivity index (χ3v) is 3.66. The van der Waals surface area contributed by atoms with Gasteiger partial charge in [0.2, 0.25) is 0 Å². The molecule has 1 N–H and O–H groups in total. The molecular formula is C19H21FN2O6. The molecule has 0 aliphatic carbocycles. The SMILES string of the molecule is COCCNc1ccc([N+](=O)[O-])cc1C(=O)OCCCOc1ccc(F)cc1. The smallest absolute Gasteiger partial charge is 0.340 e. The van der Waals surface area contributed by atoms with Gasteiger partial charge in [0.25, 0.3) is 5.69 Å². The third kappa shape index (κ3) is 6.51. The Morgan fingerprint density at radius 1 is 1.14 bits per heavy atom. The van der Waals surface area contributed by atoms with Crippen LogP contribution in [0.4, 0.5) is 15.8 Å². The summed E-state index contributed by atoms with van der Waals surface area (Å²) in [5.74, 6) is -0.519. The number of hydrogen-bond acceptors (Lipinski definition) is 7. The molecule has 0 unspecified atom stereocenters. The lowest BCUT2D eigenvalue weighted by molar-refractivity contribution is -0.384. The molecule has 0 fully saturated rings. The van der Waals surface area contributed by atoms with E-state index in [2.05, 4.69) is 5.32 Å². The van der Waals surface area contributed by atoms with Gasteiger partial charge in [-0.05, 0) is 30.3 Å². The number of benzene rings is 2. The van der Waals surface area contributed by atoms with Crippen LogP contribution in [0.3, 0.4) is 0 Å². The highest BCUT2D eigenvalue weighted by Crippen LogP contribution is 2.23. The zero-order valence-corrected chi connectivity index (χ0v) is 15.4. The van der Waals surface area contributed by atoms with Gasteiger partial charge in [-0.3, -0.25) is 10.1 Å². The zero-order valence-electron chi connectivity index (χ0n) is 15.4. The average Bonchev–Trinajstić information content (AvgIpc) is 2.69. The molecule has 150 valence electrons. The highest BCUT2D eigenvalue weighted by molar-refractivity contribution is 5.96. The van der Waals surface area contributed by atoms with Crippen LogP contribution < -0.4 is 10.1 Å². The molecule has 8 nitrogen and oxygen atoms in total. The zero-order chi connectivity index (χ0) is 20.4. The number of esters is 1. The van der Waals surface area contributed by atoms with Gasteiger partial charge in [0.05, 0.1) is 30.3 Å². The summed E-state index contributed by atoms with van der Waals surface area (Å²) in [7, 11) is 1.54. The van der Waals surface area contributed by atoms with Gasteiger partial charge in [-0.15, -0.1) is 0 Å². The average molecular weight is 392 g/mol. The van der Waals surface area contributed by atoms with Crippen molar-refractivity contribution < 1.29 is 28.3 Å². The summed E-state index contributed by atoms with van der Waals surface area (Å²) in [5.41, 5.74) is 0.295. The lowest BCUT2D eigenvalue weighted by atomic mass is 10.1. The predicted molar refractivity (Wildman–Crippen MR) is 100 cm³/mol. The van der Waals surface area contributed by atoms with Crippen LogP contribution in [0.1, 0.15) is 16.8 Å².